The molecule has 0 atom stereocenters. The highest BCUT2D eigenvalue weighted by molar-refractivity contribution is 5.80. The van der Waals surface area contributed by atoms with E-state index in [1.54, 1.807) is 0 Å². The van der Waals surface area contributed by atoms with E-state index < -0.39 is 0 Å². The molecular formula is C16H17N3. The molecule has 1 heterocycles. The molecule has 19 heavy (non-hydrogen) atoms. The molecule has 2 N–H and O–H groups in total. The smallest absolute Gasteiger partial charge is 0.141 e. The van der Waals surface area contributed by atoms with Crippen LogP contribution in [0.4, 0.5) is 0 Å². The van der Waals surface area contributed by atoms with Crippen LogP contribution < -0.4 is 5.73 Å². The first-order chi connectivity index (χ1) is 9.33. The highest BCUT2D eigenvalue weighted by Gasteiger charge is 2.10. The van der Waals surface area contributed by atoms with Crippen LogP contribution in [0.15, 0.2) is 48.5 Å². The van der Waals surface area contributed by atoms with E-state index in [-0.39, 0.29) is 0 Å². The number of hydrogen-bond donors (Lipinski definition) is 1. The predicted octanol–water partition coefficient (Wildman–Crippen LogP) is 3.18. The first-order valence-corrected chi connectivity index (χ1v) is 6.58. The Balaban J connectivity index is 2.23. The van der Waals surface area contributed by atoms with Gasteiger partial charge >= 0.3 is 0 Å². The van der Waals surface area contributed by atoms with Crippen LogP contribution in [0.1, 0.15) is 12.5 Å². The Hall–Kier alpha value is -2.13. The molecule has 0 spiro atoms. The van der Waals surface area contributed by atoms with Gasteiger partial charge in [-0.2, -0.15) is 0 Å². The van der Waals surface area contributed by atoms with E-state index >= 15 is 0 Å². The van der Waals surface area contributed by atoms with Gasteiger partial charge in [0.05, 0.1) is 11.0 Å². The zero-order valence-corrected chi connectivity index (χ0v) is 11.0. The molecule has 0 aliphatic carbocycles. The maximum Gasteiger partial charge on any atom is 0.141 e. The first kappa shape index (κ1) is 11.9. The zero-order chi connectivity index (χ0) is 13.2. The third-order valence-corrected chi connectivity index (χ3v) is 3.39. The summed E-state index contributed by atoms with van der Waals surface area (Å²) in [7, 11) is 0. The second-order valence-corrected chi connectivity index (χ2v) is 4.57. The van der Waals surface area contributed by atoms with Crippen molar-refractivity contribution < 1.29 is 0 Å². The minimum absolute atomic E-state index is 0.556. The van der Waals surface area contributed by atoms with Crippen LogP contribution in [0.5, 0.6) is 0 Å². The van der Waals surface area contributed by atoms with Crippen molar-refractivity contribution in [1.29, 1.82) is 0 Å². The van der Waals surface area contributed by atoms with Gasteiger partial charge in [0, 0.05) is 18.7 Å². The largest absolute Gasteiger partial charge is 0.326 e. The minimum Gasteiger partial charge on any atom is -0.326 e. The topological polar surface area (TPSA) is 43.8 Å². The van der Waals surface area contributed by atoms with Gasteiger partial charge < -0.3 is 10.3 Å². The molecule has 3 nitrogen and oxygen atoms in total. The maximum atomic E-state index is 5.72. The highest BCUT2D eigenvalue weighted by atomic mass is 15.1. The van der Waals surface area contributed by atoms with Crippen molar-refractivity contribution in [3.05, 3.63) is 54.1 Å². The number of aromatic nitrogens is 2. The first-order valence-electron chi connectivity index (χ1n) is 6.58. The molecule has 0 amide bonds. The zero-order valence-electron chi connectivity index (χ0n) is 11.0. The fourth-order valence-corrected chi connectivity index (χ4v) is 2.45. The molecule has 0 saturated carbocycles. The number of benzene rings is 2. The molecule has 3 heteroatoms. The van der Waals surface area contributed by atoms with Crippen molar-refractivity contribution in [2.24, 2.45) is 5.73 Å². The summed E-state index contributed by atoms with van der Waals surface area (Å²) in [5.74, 6) is 1.01. The summed E-state index contributed by atoms with van der Waals surface area (Å²) in [4.78, 5) is 4.75. The average Bonchev–Trinajstić information content (AvgIpc) is 2.86. The van der Waals surface area contributed by atoms with Crippen LogP contribution in [0.2, 0.25) is 0 Å². The van der Waals surface area contributed by atoms with Crippen molar-refractivity contribution in [1.82, 2.24) is 9.55 Å². The van der Waals surface area contributed by atoms with Gasteiger partial charge in [-0.25, -0.2) is 4.98 Å². The van der Waals surface area contributed by atoms with Crippen molar-refractivity contribution in [2.75, 3.05) is 0 Å². The van der Waals surface area contributed by atoms with Crippen LogP contribution in [0.25, 0.3) is 22.4 Å². The average molecular weight is 251 g/mol. The molecule has 0 bridgehead atoms. The summed E-state index contributed by atoms with van der Waals surface area (Å²) in [5, 5.41) is 0. The molecule has 3 rings (SSSR count). The standard InChI is InChI=1S/C16H17N3/c1-2-19-15-9-4-3-8-14(15)18-16(19)13-7-5-6-12(10-13)11-17/h3-10H,2,11,17H2,1H3. The van der Waals surface area contributed by atoms with Crippen LogP contribution in [0.3, 0.4) is 0 Å². The molecule has 0 aliphatic rings. The van der Waals surface area contributed by atoms with Gasteiger partial charge in [0.25, 0.3) is 0 Å². The molecule has 0 radical (unpaired) electrons. The SMILES string of the molecule is CCn1c(-c2cccc(CN)c2)nc2ccccc21. The van der Waals surface area contributed by atoms with Crippen LogP contribution in [-0.2, 0) is 13.1 Å². The Labute approximate surface area is 112 Å². The van der Waals surface area contributed by atoms with Gasteiger partial charge in [-0.3, -0.25) is 0 Å². The summed E-state index contributed by atoms with van der Waals surface area (Å²) in [6.07, 6.45) is 0. The maximum absolute atomic E-state index is 5.72. The monoisotopic (exact) mass is 251 g/mol. The highest BCUT2D eigenvalue weighted by Crippen LogP contribution is 2.25. The predicted molar refractivity (Wildman–Crippen MR) is 78.7 cm³/mol. The molecule has 0 saturated heterocycles. The van der Waals surface area contributed by atoms with Crippen molar-refractivity contribution >= 4 is 11.0 Å². The number of aryl methyl sites for hydroxylation is 1. The summed E-state index contributed by atoms with van der Waals surface area (Å²) in [6, 6.07) is 16.5. The molecule has 3 aromatic rings. The lowest BCUT2D eigenvalue weighted by Crippen LogP contribution is -1.99. The number of nitrogens with two attached hydrogens (primary N) is 1. The quantitative estimate of drug-likeness (QED) is 0.777. The Morgan fingerprint density at radius 2 is 1.95 bits per heavy atom. The lowest BCUT2D eigenvalue weighted by Gasteiger charge is -2.07. The van der Waals surface area contributed by atoms with Crippen molar-refractivity contribution in [3.63, 3.8) is 0 Å². The third kappa shape index (κ3) is 2.02. The Morgan fingerprint density at radius 3 is 2.74 bits per heavy atom. The second kappa shape index (κ2) is 4.86. The lowest BCUT2D eigenvalue weighted by atomic mass is 10.1. The van der Waals surface area contributed by atoms with E-state index in [4.69, 9.17) is 10.7 Å². The lowest BCUT2D eigenvalue weighted by molar-refractivity contribution is 0.796. The van der Waals surface area contributed by atoms with Crippen LogP contribution in [0, 0.1) is 0 Å². The van der Waals surface area contributed by atoms with Gasteiger partial charge in [0.1, 0.15) is 5.82 Å². The van der Waals surface area contributed by atoms with E-state index in [0.717, 1.165) is 29.0 Å². The van der Waals surface area contributed by atoms with Gasteiger partial charge in [0.15, 0.2) is 0 Å². The van der Waals surface area contributed by atoms with Gasteiger partial charge in [-0.05, 0) is 30.7 Å². The summed E-state index contributed by atoms with van der Waals surface area (Å²) < 4.78 is 2.24. The van der Waals surface area contributed by atoms with E-state index in [9.17, 15) is 0 Å². The van der Waals surface area contributed by atoms with Crippen molar-refractivity contribution in [2.45, 2.75) is 20.0 Å². The minimum atomic E-state index is 0.556. The van der Waals surface area contributed by atoms with Crippen LogP contribution in [-0.4, -0.2) is 9.55 Å². The Kier molecular flexibility index (Phi) is 3.05. The van der Waals surface area contributed by atoms with E-state index in [0.29, 0.717) is 6.54 Å². The molecule has 0 aliphatic heterocycles. The second-order valence-electron chi connectivity index (χ2n) is 4.57. The Morgan fingerprint density at radius 1 is 1.11 bits per heavy atom. The van der Waals surface area contributed by atoms with E-state index in [1.165, 1.54) is 5.52 Å². The van der Waals surface area contributed by atoms with Crippen molar-refractivity contribution in [3.8, 4) is 11.4 Å². The molecule has 96 valence electrons. The van der Waals surface area contributed by atoms with Crippen LogP contribution >= 0.6 is 0 Å². The number of para-hydroxylation sites is 2. The Bertz CT molecular complexity index is 713. The fourth-order valence-electron chi connectivity index (χ4n) is 2.45. The number of fused-ring (bicyclic) bond motifs is 1. The van der Waals surface area contributed by atoms with Gasteiger partial charge in [0.2, 0.25) is 0 Å². The van der Waals surface area contributed by atoms with Gasteiger partial charge in [-0.1, -0.05) is 30.3 Å². The molecule has 0 unspecified atom stereocenters. The molecular weight excluding hydrogens is 234 g/mol. The van der Waals surface area contributed by atoms with E-state index in [2.05, 4.69) is 41.8 Å². The summed E-state index contributed by atoms with van der Waals surface area (Å²) in [5.41, 5.74) is 10.2. The number of nitrogens with zero attached hydrogens (tertiary/aromatic N) is 2. The summed E-state index contributed by atoms with van der Waals surface area (Å²) >= 11 is 0. The fraction of sp³-hybridized carbons (Fsp3) is 0.188. The van der Waals surface area contributed by atoms with E-state index in [1.807, 2.05) is 18.2 Å². The molecule has 2 aromatic carbocycles. The summed E-state index contributed by atoms with van der Waals surface area (Å²) in [6.45, 7) is 3.60. The third-order valence-electron chi connectivity index (χ3n) is 3.39. The van der Waals surface area contributed by atoms with Gasteiger partial charge in [-0.15, -0.1) is 0 Å². The number of rotatable bonds is 3. The number of imidazole rings is 1. The normalized spacial score (nSPS) is 11.1. The molecule has 1 aromatic heterocycles. The molecule has 0 fully saturated rings. The number of hydrogen-bond acceptors (Lipinski definition) is 2.